The van der Waals surface area contributed by atoms with Crippen molar-refractivity contribution in [2.75, 3.05) is 6.61 Å². The molecule has 0 radical (unpaired) electrons. The van der Waals surface area contributed by atoms with E-state index >= 15 is 0 Å². The lowest BCUT2D eigenvalue weighted by Crippen LogP contribution is -2.16. The van der Waals surface area contributed by atoms with Gasteiger partial charge in [0.05, 0.1) is 6.10 Å². The third-order valence-electron chi connectivity index (χ3n) is 6.06. The van der Waals surface area contributed by atoms with Gasteiger partial charge in [-0.3, -0.25) is 0 Å². The van der Waals surface area contributed by atoms with Crippen LogP contribution in [0.5, 0.6) is 5.75 Å². The van der Waals surface area contributed by atoms with Gasteiger partial charge in [-0.2, -0.15) is 0 Å². The predicted molar refractivity (Wildman–Crippen MR) is 108 cm³/mol. The quantitative estimate of drug-likeness (QED) is 0.496. The van der Waals surface area contributed by atoms with Crippen molar-refractivity contribution in [1.29, 1.82) is 0 Å². The first-order valence-electron chi connectivity index (χ1n) is 10.6. The smallest absolute Gasteiger partial charge is 0.341 e. The van der Waals surface area contributed by atoms with Crippen molar-refractivity contribution < 1.29 is 19.7 Å². The molecule has 0 bridgehead atoms. The summed E-state index contributed by atoms with van der Waals surface area (Å²) in [5.74, 6) is 1.07. The summed E-state index contributed by atoms with van der Waals surface area (Å²) < 4.78 is 5.42. The third-order valence-corrected chi connectivity index (χ3v) is 6.06. The fourth-order valence-corrected chi connectivity index (χ4v) is 4.40. The van der Waals surface area contributed by atoms with Gasteiger partial charge in [-0.1, -0.05) is 51.2 Å². The second-order valence-corrected chi connectivity index (χ2v) is 8.10. The highest BCUT2D eigenvalue weighted by molar-refractivity contribution is 5.68. The molecule has 0 saturated heterocycles. The number of unbranched alkanes of at least 4 members (excludes halogenated alkanes) is 2. The van der Waals surface area contributed by atoms with Crippen molar-refractivity contribution in [1.82, 2.24) is 0 Å². The number of hydrogen-bond acceptors (Lipinski definition) is 3. The molecule has 0 aliphatic heterocycles. The van der Waals surface area contributed by atoms with Crippen LogP contribution in [-0.4, -0.2) is 28.9 Å². The van der Waals surface area contributed by atoms with Crippen LogP contribution in [0.2, 0.25) is 0 Å². The fraction of sp³-hybridized carbons (Fsp3) is 0.696. The van der Waals surface area contributed by atoms with E-state index in [0.29, 0.717) is 17.6 Å². The van der Waals surface area contributed by atoms with Crippen LogP contribution >= 0.6 is 0 Å². The molecule has 1 aromatic carbocycles. The van der Waals surface area contributed by atoms with Gasteiger partial charge in [-0.15, -0.1) is 0 Å². The Kier molecular flexibility index (Phi) is 9.12. The second kappa shape index (κ2) is 11.3. The van der Waals surface area contributed by atoms with Crippen molar-refractivity contribution in [3.8, 4) is 5.75 Å². The molecule has 3 atom stereocenters. The lowest BCUT2D eigenvalue weighted by molar-refractivity contribution is -0.139. The van der Waals surface area contributed by atoms with E-state index in [9.17, 15) is 9.90 Å². The first-order valence-corrected chi connectivity index (χ1v) is 10.6. The molecule has 152 valence electrons. The van der Waals surface area contributed by atoms with E-state index < -0.39 is 5.97 Å². The minimum absolute atomic E-state index is 0.146. The van der Waals surface area contributed by atoms with Crippen molar-refractivity contribution in [2.45, 2.75) is 84.2 Å². The number of hydrogen-bond donors (Lipinski definition) is 2. The van der Waals surface area contributed by atoms with Crippen molar-refractivity contribution >= 4 is 5.97 Å². The molecule has 1 unspecified atom stereocenters. The summed E-state index contributed by atoms with van der Waals surface area (Å²) in [5.41, 5.74) is 2.32. The van der Waals surface area contributed by atoms with E-state index in [4.69, 9.17) is 9.84 Å². The van der Waals surface area contributed by atoms with Gasteiger partial charge in [0.2, 0.25) is 0 Å². The molecule has 4 nitrogen and oxygen atoms in total. The van der Waals surface area contributed by atoms with Crippen LogP contribution in [-0.2, 0) is 11.2 Å². The largest absolute Gasteiger partial charge is 0.482 e. The van der Waals surface area contributed by atoms with E-state index in [-0.39, 0.29) is 12.7 Å². The van der Waals surface area contributed by atoms with Crippen molar-refractivity contribution in [2.24, 2.45) is 11.8 Å². The van der Waals surface area contributed by atoms with Crippen molar-refractivity contribution in [3.05, 3.63) is 29.3 Å². The van der Waals surface area contributed by atoms with E-state index in [2.05, 4.69) is 13.0 Å². The number of benzene rings is 1. The number of rotatable bonds is 12. The number of ether oxygens (including phenoxy) is 1. The molecule has 4 heteroatoms. The topological polar surface area (TPSA) is 66.8 Å². The average Bonchev–Trinajstić information content (AvgIpc) is 3.08. The Bertz CT molecular complexity index is 584. The standard InChI is InChI=1S/C23H36O4/c1-3-4-5-11-21(24)14-13-18-8-6-10-20(18)15-19-9-7-12-22(17(19)2)27-16-23(25)26/h7,9,12,18,20-21,24H,3-6,8,10-11,13-16H2,1-2H3,(H,25,26)/t18-,20?,21+/m1/s1. The molecule has 2 rings (SSSR count). The van der Waals surface area contributed by atoms with Crippen LogP contribution in [0, 0.1) is 18.8 Å². The lowest BCUT2D eigenvalue weighted by Gasteiger charge is -2.22. The Balaban J connectivity index is 1.88. The third kappa shape index (κ3) is 7.17. The Labute approximate surface area is 163 Å². The van der Waals surface area contributed by atoms with Gasteiger partial charge in [0, 0.05) is 0 Å². The van der Waals surface area contributed by atoms with Crippen LogP contribution in [0.4, 0.5) is 0 Å². The number of carboxylic acids is 1. The maximum Gasteiger partial charge on any atom is 0.341 e. The number of carbonyl (C=O) groups is 1. The van der Waals surface area contributed by atoms with Crippen LogP contribution in [0.15, 0.2) is 18.2 Å². The maximum absolute atomic E-state index is 10.8. The minimum Gasteiger partial charge on any atom is -0.482 e. The number of carboxylic acid groups (broad SMARTS) is 1. The highest BCUT2D eigenvalue weighted by Gasteiger charge is 2.28. The molecular formula is C23H36O4. The molecule has 0 aromatic heterocycles. The Morgan fingerprint density at radius 2 is 2.00 bits per heavy atom. The van der Waals surface area contributed by atoms with Crippen LogP contribution in [0.1, 0.15) is 75.8 Å². The summed E-state index contributed by atoms with van der Waals surface area (Å²) in [5, 5.41) is 19.1. The molecule has 1 aromatic rings. The van der Waals surface area contributed by atoms with Gasteiger partial charge >= 0.3 is 5.97 Å². The normalized spacial score (nSPS) is 20.6. The lowest BCUT2D eigenvalue weighted by atomic mass is 9.84. The van der Waals surface area contributed by atoms with Gasteiger partial charge in [0.25, 0.3) is 0 Å². The van der Waals surface area contributed by atoms with Gasteiger partial charge in [0.1, 0.15) is 5.75 Å². The number of aliphatic hydroxyl groups excluding tert-OH is 1. The van der Waals surface area contributed by atoms with E-state index in [1.54, 1.807) is 0 Å². The summed E-state index contributed by atoms with van der Waals surface area (Å²) in [6.45, 7) is 3.92. The first-order chi connectivity index (χ1) is 13.0. The molecule has 1 saturated carbocycles. The monoisotopic (exact) mass is 376 g/mol. The summed E-state index contributed by atoms with van der Waals surface area (Å²) in [6.07, 6.45) is 11.2. The van der Waals surface area contributed by atoms with Crippen LogP contribution in [0.25, 0.3) is 0 Å². The van der Waals surface area contributed by atoms with Gasteiger partial charge in [-0.05, 0) is 68.1 Å². The average molecular weight is 377 g/mol. The Morgan fingerprint density at radius 3 is 2.74 bits per heavy atom. The summed E-state index contributed by atoms with van der Waals surface area (Å²) >= 11 is 0. The van der Waals surface area contributed by atoms with Crippen LogP contribution in [0.3, 0.4) is 0 Å². The Morgan fingerprint density at radius 1 is 1.22 bits per heavy atom. The summed E-state index contributed by atoms with van der Waals surface area (Å²) in [4.78, 5) is 10.8. The Hall–Kier alpha value is -1.55. The van der Waals surface area contributed by atoms with E-state index in [1.807, 2.05) is 19.1 Å². The zero-order chi connectivity index (χ0) is 19.6. The zero-order valence-corrected chi connectivity index (χ0v) is 17.0. The number of aliphatic hydroxyl groups is 1. The maximum atomic E-state index is 10.8. The molecule has 1 aliphatic rings. The molecular weight excluding hydrogens is 340 g/mol. The molecule has 27 heavy (non-hydrogen) atoms. The van der Waals surface area contributed by atoms with Gasteiger partial charge < -0.3 is 14.9 Å². The molecule has 0 heterocycles. The molecule has 0 spiro atoms. The minimum atomic E-state index is -0.951. The molecule has 2 N–H and O–H groups in total. The second-order valence-electron chi connectivity index (χ2n) is 8.10. The van der Waals surface area contributed by atoms with Gasteiger partial charge in [-0.25, -0.2) is 4.79 Å². The fourth-order valence-electron chi connectivity index (χ4n) is 4.40. The van der Waals surface area contributed by atoms with Crippen molar-refractivity contribution in [3.63, 3.8) is 0 Å². The molecule has 1 aliphatic carbocycles. The van der Waals surface area contributed by atoms with Gasteiger partial charge in [0.15, 0.2) is 6.61 Å². The van der Waals surface area contributed by atoms with E-state index in [0.717, 1.165) is 37.7 Å². The first kappa shape index (κ1) is 21.7. The SMILES string of the molecule is CCCCC[C@H](O)CC[C@H]1CCCC1Cc1cccc(OCC(=O)O)c1C. The summed E-state index contributed by atoms with van der Waals surface area (Å²) in [6, 6.07) is 5.94. The molecule has 0 amide bonds. The zero-order valence-electron chi connectivity index (χ0n) is 17.0. The highest BCUT2D eigenvalue weighted by Crippen LogP contribution is 2.38. The number of aliphatic carboxylic acids is 1. The van der Waals surface area contributed by atoms with Crippen LogP contribution < -0.4 is 4.74 Å². The predicted octanol–water partition coefficient (Wildman–Crippen LogP) is 5.14. The molecule has 1 fully saturated rings. The highest BCUT2D eigenvalue weighted by atomic mass is 16.5. The summed E-state index contributed by atoms with van der Waals surface area (Å²) in [7, 11) is 0. The van der Waals surface area contributed by atoms with E-state index in [1.165, 1.54) is 37.7 Å².